The van der Waals surface area contributed by atoms with Crippen LogP contribution in [0.2, 0.25) is 0 Å². The molecule has 3 nitrogen and oxygen atoms in total. The molecule has 0 saturated carbocycles. The monoisotopic (exact) mass is 155 g/mol. The first-order valence-electron chi connectivity index (χ1n) is 3.70. The molecule has 1 atom stereocenters. The number of aliphatic hydroxyl groups excluding tert-OH is 1. The van der Waals surface area contributed by atoms with Gasteiger partial charge in [0, 0.05) is 6.61 Å². The second-order valence-electron chi connectivity index (χ2n) is 2.37. The molecule has 0 unspecified atom stereocenters. The molecule has 11 heavy (non-hydrogen) atoms. The number of hydrogen-bond donors (Lipinski definition) is 2. The Kier molecular flexibility index (Phi) is 3.14. The Bertz CT molecular complexity index is 184. The van der Waals surface area contributed by atoms with Crippen LogP contribution in [0.15, 0.2) is 22.8 Å². The van der Waals surface area contributed by atoms with Gasteiger partial charge in [-0.25, -0.2) is 0 Å². The van der Waals surface area contributed by atoms with Crippen molar-refractivity contribution < 1.29 is 9.52 Å². The first kappa shape index (κ1) is 8.30. The van der Waals surface area contributed by atoms with Gasteiger partial charge in [0.1, 0.15) is 5.76 Å². The van der Waals surface area contributed by atoms with E-state index in [9.17, 15) is 0 Å². The predicted molar refractivity (Wildman–Crippen MR) is 42.2 cm³/mol. The summed E-state index contributed by atoms with van der Waals surface area (Å²) in [6.07, 6.45) is 2.32. The fourth-order valence-corrected chi connectivity index (χ4v) is 1.05. The zero-order chi connectivity index (χ0) is 8.10. The minimum absolute atomic E-state index is 0.134. The van der Waals surface area contributed by atoms with E-state index in [0.717, 1.165) is 5.76 Å². The highest BCUT2D eigenvalue weighted by molar-refractivity contribution is 5.03. The summed E-state index contributed by atoms with van der Waals surface area (Å²) in [5.41, 5.74) is 0. The summed E-state index contributed by atoms with van der Waals surface area (Å²) < 4.78 is 5.17. The molecule has 0 aliphatic rings. The standard InChI is InChI=1S/C8H13NO2/c1-9-7(4-5-10)8-3-2-6-11-8/h2-3,6-7,9-10H,4-5H2,1H3/t7-/m1/s1. The molecule has 1 aromatic rings. The van der Waals surface area contributed by atoms with Gasteiger partial charge in [-0.3, -0.25) is 0 Å². The molecule has 0 aliphatic heterocycles. The molecule has 62 valence electrons. The van der Waals surface area contributed by atoms with Crippen molar-refractivity contribution in [2.45, 2.75) is 12.5 Å². The molecule has 2 N–H and O–H groups in total. The van der Waals surface area contributed by atoms with E-state index >= 15 is 0 Å². The Morgan fingerprint density at radius 2 is 2.55 bits per heavy atom. The van der Waals surface area contributed by atoms with Gasteiger partial charge >= 0.3 is 0 Å². The summed E-state index contributed by atoms with van der Waals surface area (Å²) in [4.78, 5) is 0. The van der Waals surface area contributed by atoms with Gasteiger partial charge in [0.2, 0.25) is 0 Å². The highest BCUT2D eigenvalue weighted by atomic mass is 16.3. The van der Waals surface area contributed by atoms with E-state index in [1.165, 1.54) is 0 Å². The first-order valence-corrected chi connectivity index (χ1v) is 3.70. The minimum Gasteiger partial charge on any atom is -0.468 e. The zero-order valence-corrected chi connectivity index (χ0v) is 6.58. The van der Waals surface area contributed by atoms with E-state index in [0.29, 0.717) is 6.42 Å². The fraction of sp³-hybridized carbons (Fsp3) is 0.500. The second kappa shape index (κ2) is 4.16. The van der Waals surface area contributed by atoms with Crippen molar-refractivity contribution in [3.8, 4) is 0 Å². The van der Waals surface area contributed by atoms with Gasteiger partial charge in [0.25, 0.3) is 0 Å². The highest BCUT2D eigenvalue weighted by Crippen LogP contribution is 2.15. The van der Waals surface area contributed by atoms with Crippen LogP contribution in [0.4, 0.5) is 0 Å². The lowest BCUT2D eigenvalue weighted by Gasteiger charge is -2.10. The van der Waals surface area contributed by atoms with Crippen molar-refractivity contribution in [1.82, 2.24) is 5.32 Å². The van der Waals surface area contributed by atoms with E-state index in [4.69, 9.17) is 9.52 Å². The Hall–Kier alpha value is -0.800. The lowest BCUT2D eigenvalue weighted by molar-refractivity contribution is 0.258. The summed E-state index contributed by atoms with van der Waals surface area (Å²) >= 11 is 0. The average Bonchev–Trinajstić information content (AvgIpc) is 2.52. The number of furan rings is 1. The van der Waals surface area contributed by atoms with Crippen LogP contribution >= 0.6 is 0 Å². The lowest BCUT2D eigenvalue weighted by atomic mass is 10.2. The van der Waals surface area contributed by atoms with E-state index in [2.05, 4.69) is 5.32 Å². The Morgan fingerprint density at radius 3 is 3.00 bits per heavy atom. The van der Waals surface area contributed by atoms with Crippen LogP contribution in [0, 0.1) is 0 Å². The normalized spacial score (nSPS) is 13.3. The summed E-state index contributed by atoms with van der Waals surface area (Å²) in [5, 5.41) is 11.7. The topological polar surface area (TPSA) is 45.4 Å². The smallest absolute Gasteiger partial charge is 0.120 e. The van der Waals surface area contributed by atoms with Crippen LogP contribution in [0.3, 0.4) is 0 Å². The van der Waals surface area contributed by atoms with Crippen molar-refractivity contribution in [3.63, 3.8) is 0 Å². The van der Waals surface area contributed by atoms with Gasteiger partial charge < -0.3 is 14.8 Å². The van der Waals surface area contributed by atoms with Crippen LogP contribution < -0.4 is 5.32 Å². The molecule has 0 radical (unpaired) electrons. The number of aliphatic hydroxyl groups is 1. The fourth-order valence-electron chi connectivity index (χ4n) is 1.05. The Labute approximate surface area is 66.0 Å². The third-order valence-electron chi connectivity index (χ3n) is 1.65. The Morgan fingerprint density at radius 1 is 1.73 bits per heavy atom. The molecule has 0 spiro atoms. The zero-order valence-electron chi connectivity index (χ0n) is 6.58. The minimum atomic E-state index is 0.134. The summed E-state index contributed by atoms with van der Waals surface area (Å²) in [7, 11) is 1.85. The van der Waals surface area contributed by atoms with E-state index in [1.54, 1.807) is 6.26 Å². The van der Waals surface area contributed by atoms with Gasteiger partial charge in [-0.1, -0.05) is 0 Å². The predicted octanol–water partition coefficient (Wildman–Crippen LogP) is 0.923. The summed E-state index contributed by atoms with van der Waals surface area (Å²) in [5.74, 6) is 0.876. The molecule has 0 aliphatic carbocycles. The van der Waals surface area contributed by atoms with E-state index in [1.807, 2.05) is 19.2 Å². The molecule has 0 aromatic carbocycles. The van der Waals surface area contributed by atoms with Gasteiger partial charge in [0.05, 0.1) is 12.3 Å². The van der Waals surface area contributed by atoms with Crippen molar-refractivity contribution in [1.29, 1.82) is 0 Å². The molecule has 1 aromatic heterocycles. The van der Waals surface area contributed by atoms with Gasteiger partial charge in [-0.15, -0.1) is 0 Å². The van der Waals surface area contributed by atoms with Gasteiger partial charge in [0.15, 0.2) is 0 Å². The van der Waals surface area contributed by atoms with Crippen LogP contribution in [-0.2, 0) is 0 Å². The van der Waals surface area contributed by atoms with Crippen molar-refractivity contribution in [3.05, 3.63) is 24.2 Å². The molecule has 0 bridgehead atoms. The average molecular weight is 155 g/mol. The maximum absolute atomic E-state index is 8.68. The molecule has 1 heterocycles. The maximum atomic E-state index is 8.68. The lowest BCUT2D eigenvalue weighted by Crippen LogP contribution is -2.16. The van der Waals surface area contributed by atoms with Crippen LogP contribution in [0.5, 0.6) is 0 Å². The van der Waals surface area contributed by atoms with E-state index < -0.39 is 0 Å². The quantitative estimate of drug-likeness (QED) is 0.679. The van der Waals surface area contributed by atoms with Crippen LogP contribution in [-0.4, -0.2) is 18.8 Å². The number of rotatable bonds is 4. The molecule has 1 rings (SSSR count). The van der Waals surface area contributed by atoms with Gasteiger partial charge in [-0.2, -0.15) is 0 Å². The van der Waals surface area contributed by atoms with Crippen LogP contribution in [0.1, 0.15) is 18.2 Å². The SMILES string of the molecule is CN[C@H](CCO)c1ccco1. The third-order valence-corrected chi connectivity index (χ3v) is 1.65. The molecule has 0 amide bonds. The van der Waals surface area contributed by atoms with Gasteiger partial charge in [-0.05, 0) is 25.6 Å². The summed E-state index contributed by atoms with van der Waals surface area (Å²) in [6.45, 7) is 0.173. The Balaban J connectivity index is 2.56. The number of hydrogen-bond acceptors (Lipinski definition) is 3. The van der Waals surface area contributed by atoms with E-state index in [-0.39, 0.29) is 12.6 Å². The summed E-state index contributed by atoms with van der Waals surface area (Å²) in [6, 6.07) is 3.88. The molecule has 0 fully saturated rings. The van der Waals surface area contributed by atoms with Crippen LogP contribution in [0.25, 0.3) is 0 Å². The second-order valence-corrected chi connectivity index (χ2v) is 2.37. The molecule has 0 saturated heterocycles. The number of nitrogens with one attached hydrogen (secondary N) is 1. The largest absolute Gasteiger partial charge is 0.468 e. The van der Waals surface area contributed by atoms with Crippen molar-refractivity contribution in [2.24, 2.45) is 0 Å². The molecular weight excluding hydrogens is 142 g/mol. The molecular formula is C8H13NO2. The maximum Gasteiger partial charge on any atom is 0.120 e. The van der Waals surface area contributed by atoms with Crippen molar-refractivity contribution in [2.75, 3.05) is 13.7 Å². The first-order chi connectivity index (χ1) is 5.38. The molecule has 3 heteroatoms. The third kappa shape index (κ3) is 2.06. The highest BCUT2D eigenvalue weighted by Gasteiger charge is 2.09. The van der Waals surface area contributed by atoms with Crippen molar-refractivity contribution >= 4 is 0 Å².